The SMILES string of the molecule is CC(=O)NCCCc1ccc(-c2csc(NC(=O)C3Cc4ccccc4S3)n2)cc1. The third-order valence-corrected chi connectivity index (χ3v) is 7.01. The molecule has 2 heterocycles. The molecule has 0 radical (unpaired) electrons. The highest BCUT2D eigenvalue weighted by Crippen LogP contribution is 2.37. The minimum Gasteiger partial charge on any atom is -0.356 e. The fraction of sp³-hybridized carbons (Fsp3) is 0.261. The Hall–Kier alpha value is -2.64. The van der Waals surface area contributed by atoms with Crippen LogP contribution in [0.15, 0.2) is 58.8 Å². The van der Waals surface area contributed by atoms with E-state index in [-0.39, 0.29) is 17.1 Å². The van der Waals surface area contributed by atoms with Gasteiger partial charge in [0.2, 0.25) is 11.8 Å². The van der Waals surface area contributed by atoms with Crippen molar-refractivity contribution < 1.29 is 9.59 Å². The largest absolute Gasteiger partial charge is 0.356 e. The Morgan fingerprint density at radius 3 is 2.70 bits per heavy atom. The highest BCUT2D eigenvalue weighted by atomic mass is 32.2. The van der Waals surface area contributed by atoms with Crippen molar-refractivity contribution in [2.45, 2.75) is 36.3 Å². The van der Waals surface area contributed by atoms with Gasteiger partial charge in [-0.05, 0) is 36.5 Å². The quantitative estimate of drug-likeness (QED) is 0.533. The molecule has 2 amide bonds. The van der Waals surface area contributed by atoms with Crippen molar-refractivity contribution in [1.29, 1.82) is 0 Å². The van der Waals surface area contributed by atoms with Crippen LogP contribution in [0.25, 0.3) is 11.3 Å². The van der Waals surface area contributed by atoms with Gasteiger partial charge in [0.25, 0.3) is 0 Å². The second-order valence-electron chi connectivity index (χ2n) is 7.23. The summed E-state index contributed by atoms with van der Waals surface area (Å²) in [6.45, 7) is 2.22. The van der Waals surface area contributed by atoms with Gasteiger partial charge in [-0.1, -0.05) is 42.5 Å². The molecule has 1 aliphatic rings. The van der Waals surface area contributed by atoms with E-state index in [0.29, 0.717) is 11.7 Å². The molecule has 0 saturated carbocycles. The predicted octanol–water partition coefficient (Wildman–Crippen LogP) is 4.53. The number of hydrogen-bond donors (Lipinski definition) is 2. The molecule has 1 aliphatic heterocycles. The smallest absolute Gasteiger partial charge is 0.239 e. The number of carbonyl (C=O) groups is 2. The second-order valence-corrected chi connectivity index (χ2v) is 9.33. The number of thioether (sulfide) groups is 1. The van der Waals surface area contributed by atoms with E-state index in [0.717, 1.165) is 30.5 Å². The van der Waals surface area contributed by atoms with E-state index in [2.05, 4.69) is 52.0 Å². The van der Waals surface area contributed by atoms with Crippen LogP contribution in [0.2, 0.25) is 0 Å². The number of anilines is 1. The molecule has 1 unspecified atom stereocenters. The Labute approximate surface area is 184 Å². The number of amides is 2. The molecule has 30 heavy (non-hydrogen) atoms. The van der Waals surface area contributed by atoms with Gasteiger partial charge in [-0.15, -0.1) is 23.1 Å². The van der Waals surface area contributed by atoms with E-state index < -0.39 is 0 Å². The van der Waals surface area contributed by atoms with E-state index >= 15 is 0 Å². The number of hydrogen-bond acceptors (Lipinski definition) is 5. The van der Waals surface area contributed by atoms with Crippen molar-refractivity contribution in [3.63, 3.8) is 0 Å². The van der Waals surface area contributed by atoms with Crippen LogP contribution >= 0.6 is 23.1 Å². The summed E-state index contributed by atoms with van der Waals surface area (Å²) in [6, 6.07) is 16.5. The lowest BCUT2D eigenvalue weighted by Gasteiger charge is -2.07. The molecule has 1 atom stereocenters. The average molecular weight is 438 g/mol. The molecular formula is C23H23N3O2S2. The molecule has 0 fully saturated rings. The molecule has 154 valence electrons. The Morgan fingerprint density at radius 1 is 1.13 bits per heavy atom. The first kappa shape index (κ1) is 20.6. The van der Waals surface area contributed by atoms with Gasteiger partial charge in [0, 0.05) is 29.3 Å². The van der Waals surface area contributed by atoms with E-state index in [1.54, 1.807) is 11.8 Å². The maximum atomic E-state index is 12.6. The van der Waals surface area contributed by atoms with Crippen molar-refractivity contribution >= 4 is 40.0 Å². The molecule has 1 aromatic heterocycles. The van der Waals surface area contributed by atoms with E-state index in [1.807, 2.05) is 17.5 Å². The van der Waals surface area contributed by atoms with Crippen LogP contribution in [0.5, 0.6) is 0 Å². The first-order chi connectivity index (χ1) is 14.6. The molecule has 4 rings (SSSR count). The van der Waals surface area contributed by atoms with Crippen LogP contribution in [0.3, 0.4) is 0 Å². The average Bonchev–Trinajstić information content (AvgIpc) is 3.38. The normalized spacial score (nSPS) is 14.9. The standard InChI is InChI=1S/C23H23N3O2S2/c1-15(27)24-12-4-5-16-8-10-17(11-9-16)19-14-29-23(25-19)26-22(28)21-13-18-6-2-3-7-20(18)30-21/h2-3,6-11,14,21H,4-5,12-13H2,1H3,(H,24,27)(H,25,26,28). The zero-order valence-electron chi connectivity index (χ0n) is 16.7. The van der Waals surface area contributed by atoms with Gasteiger partial charge in [0.15, 0.2) is 5.13 Å². The maximum absolute atomic E-state index is 12.6. The predicted molar refractivity (Wildman–Crippen MR) is 123 cm³/mol. The first-order valence-electron chi connectivity index (χ1n) is 9.93. The Bertz CT molecular complexity index is 1020. The van der Waals surface area contributed by atoms with Gasteiger partial charge < -0.3 is 10.6 Å². The summed E-state index contributed by atoms with van der Waals surface area (Å²) in [5.74, 6) is 0.0134. The van der Waals surface area contributed by atoms with Crippen LogP contribution in [0.1, 0.15) is 24.5 Å². The summed E-state index contributed by atoms with van der Waals surface area (Å²) in [5, 5.41) is 8.29. The molecule has 3 aromatic rings. The summed E-state index contributed by atoms with van der Waals surface area (Å²) in [6.07, 6.45) is 2.59. The maximum Gasteiger partial charge on any atom is 0.239 e. The molecule has 7 heteroatoms. The lowest BCUT2D eigenvalue weighted by molar-refractivity contribution is -0.119. The van der Waals surface area contributed by atoms with E-state index in [9.17, 15) is 9.59 Å². The highest BCUT2D eigenvalue weighted by molar-refractivity contribution is 8.01. The molecule has 2 aromatic carbocycles. The van der Waals surface area contributed by atoms with Gasteiger partial charge in [-0.3, -0.25) is 9.59 Å². The van der Waals surface area contributed by atoms with Gasteiger partial charge in [-0.25, -0.2) is 4.98 Å². The Balaban J connectivity index is 1.32. The van der Waals surface area contributed by atoms with E-state index in [4.69, 9.17) is 0 Å². The lowest BCUT2D eigenvalue weighted by Crippen LogP contribution is -2.24. The number of benzene rings is 2. The van der Waals surface area contributed by atoms with Crippen LogP contribution < -0.4 is 10.6 Å². The number of aromatic nitrogens is 1. The number of nitrogens with zero attached hydrogens (tertiary/aromatic N) is 1. The van der Waals surface area contributed by atoms with Crippen LogP contribution in [0, 0.1) is 0 Å². The fourth-order valence-corrected chi connectivity index (χ4v) is 5.29. The number of aryl methyl sites for hydroxylation is 1. The molecular weight excluding hydrogens is 414 g/mol. The molecule has 0 bridgehead atoms. The van der Waals surface area contributed by atoms with Crippen molar-refractivity contribution in [3.8, 4) is 11.3 Å². The second kappa shape index (κ2) is 9.45. The third kappa shape index (κ3) is 5.09. The summed E-state index contributed by atoms with van der Waals surface area (Å²) in [7, 11) is 0. The Morgan fingerprint density at radius 2 is 1.93 bits per heavy atom. The number of fused-ring (bicyclic) bond motifs is 1. The first-order valence-corrected chi connectivity index (χ1v) is 11.7. The summed E-state index contributed by atoms with van der Waals surface area (Å²) in [5.41, 5.74) is 4.35. The van der Waals surface area contributed by atoms with Gasteiger partial charge in [0.1, 0.15) is 0 Å². The summed E-state index contributed by atoms with van der Waals surface area (Å²) >= 11 is 3.07. The minimum atomic E-state index is -0.105. The summed E-state index contributed by atoms with van der Waals surface area (Å²) < 4.78 is 0. The molecule has 0 saturated heterocycles. The van der Waals surface area contributed by atoms with Crippen LogP contribution in [0.4, 0.5) is 5.13 Å². The van der Waals surface area contributed by atoms with Crippen LogP contribution in [-0.2, 0) is 22.4 Å². The lowest BCUT2D eigenvalue weighted by atomic mass is 10.1. The summed E-state index contributed by atoms with van der Waals surface area (Å²) in [4.78, 5) is 29.3. The molecule has 5 nitrogen and oxygen atoms in total. The molecule has 0 aliphatic carbocycles. The van der Waals surface area contributed by atoms with E-state index in [1.165, 1.54) is 34.3 Å². The topological polar surface area (TPSA) is 71.1 Å². The number of carbonyl (C=O) groups excluding carboxylic acids is 2. The van der Waals surface area contributed by atoms with Crippen molar-refractivity contribution in [3.05, 3.63) is 65.0 Å². The third-order valence-electron chi connectivity index (χ3n) is 4.94. The molecule has 2 N–H and O–H groups in total. The highest BCUT2D eigenvalue weighted by Gasteiger charge is 2.28. The minimum absolute atomic E-state index is 0.00613. The van der Waals surface area contributed by atoms with Crippen LogP contribution in [-0.4, -0.2) is 28.6 Å². The van der Waals surface area contributed by atoms with Crippen molar-refractivity contribution in [2.75, 3.05) is 11.9 Å². The molecule has 0 spiro atoms. The Kier molecular flexibility index (Phi) is 6.50. The van der Waals surface area contributed by atoms with Gasteiger partial charge in [-0.2, -0.15) is 0 Å². The van der Waals surface area contributed by atoms with Gasteiger partial charge in [0.05, 0.1) is 10.9 Å². The number of nitrogens with one attached hydrogen (secondary N) is 2. The monoisotopic (exact) mass is 437 g/mol. The zero-order valence-corrected chi connectivity index (χ0v) is 18.3. The van der Waals surface area contributed by atoms with Crippen molar-refractivity contribution in [2.24, 2.45) is 0 Å². The number of rotatable bonds is 7. The fourth-order valence-electron chi connectivity index (χ4n) is 3.38. The number of thiazole rings is 1. The zero-order chi connectivity index (χ0) is 20.9. The van der Waals surface area contributed by atoms with Crippen molar-refractivity contribution in [1.82, 2.24) is 10.3 Å². The van der Waals surface area contributed by atoms with Gasteiger partial charge >= 0.3 is 0 Å².